The monoisotopic (exact) mass is 412 g/mol. The molecule has 0 spiro atoms. The van der Waals surface area contributed by atoms with Crippen molar-refractivity contribution in [3.8, 4) is 0 Å². The Kier molecular flexibility index (Phi) is 6.24. The van der Waals surface area contributed by atoms with Crippen LogP contribution in [-0.4, -0.2) is 42.6 Å². The number of morpholine rings is 1. The highest BCUT2D eigenvalue weighted by Crippen LogP contribution is 2.32. The first kappa shape index (κ1) is 20.6. The number of nitrogens with zero attached hydrogens (tertiary/aromatic N) is 3. The third-order valence-corrected chi connectivity index (χ3v) is 5.71. The molecule has 1 aliphatic rings. The highest BCUT2D eigenvalue weighted by molar-refractivity contribution is 7.11. The first-order chi connectivity index (χ1) is 13.3. The number of ether oxygens (including phenoxy) is 1. The van der Waals surface area contributed by atoms with E-state index in [-0.39, 0.29) is 0 Å². The van der Waals surface area contributed by atoms with Crippen molar-refractivity contribution < 1.29 is 17.9 Å². The van der Waals surface area contributed by atoms with Crippen LogP contribution in [0.25, 0.3) is 0 Å². The van der Waals surface area contributed by atoms with Gasteiger partial charge in [0.15, 0.2) is 5.96 Å². The van der Waals surface area contributed by atoms with Gasteiger partial charge < -0.3 is 15.0 Å². The van der Waals surface area contributed by atoms with Crippen LogP contribution in [0.1, 0.15) is 32.8 Å². The lowest BCUT2D eigenvalue weighted by atomic mass is 10.0. The molecule has 0 aliphatic carbocycles. The van der Waals surface area contributed by atoms with Crippen molar-refractivity contribution in [1.29, 1.82) is 0 Å². The maximum Gasteiger partial charge on any atom is 0.416 e. The van der Waals surface area contributed by atoms with Gasteiger partial charge in [-0.25, -0.2) is 4.98 Å². The molecule has 3 rings (SSSR count). The average Bonchev–Trinajstić information content (AvgIpc) is 2.99. The SMILES string of the molecule is CN=C(NCc1nc(C)c(C)s1)N1CCOC(c2cccc(C(F)(F)F)c2)C1. The van der Waals surface area contributed by atoms with Gasteiger partial charge in [0.25, 0.3) is 0 Å². The molecule has 28 heavy (non-hydrogen) atoms. The molecule has 1 N–H and O–H groups in total. The molecule has 9 heteroatoms. The summed E-state index contributed by atoms with van der Waals surface area (Å²) >= 11 is 1.64. The normalized spacial score (nSPS) is 18.4. The van der Waals surface area contributed by atoms with Crippen LogP contribution in [-0.2, 0) is 17.5 Å². The molecule has 1 atom stereocenters. The van der Waals surface area contributed by atoms with E-state index < -0.39 is 17.8 Å². The molecule has 1 aromatic carbocycles. The Hall–Kier alpha value is -2.13. The molecular formula is C19H23F3N4OS. The number of benzene rings is 1. The zero-order valence-corrected chi connectivity index (χ0v) is 16.8. The van der Waals surface area contributed by atoms with Crippen LogP contribution in [0.15, 0.2) is 29.3 Å². The molecule has 1 aliphatic heterocycles. The Balaban J connectivity index is 1.67. The average molecular weight is 412 g/mol. The minimum absolute atomic E-state index is 0.414. The Morgan fingerprint density at radius 1 is 1.39 bits per heavy atom. The second-order valence-electron chi connectivity index (χ2n) is 6.58. The van der Waals surface area contributed by atoms with Gasteiger partial charge in [0.1, 0.15) is 11.1 Å². The lowest BCUT2D eigenvalue weighted by Crippen LogP contribution is -2.48. The van der Waals surface area contributed by atoms with Gasteiger partial charge in [-0.1, -0.05) is 12.1 Å². The van der Waals surface area contributed by atoms with Gasteiger partial charge in [0.2, 0.25) is 0 Å². The third-order valence-electron chi connectivity index (χ3n) is 4.63. The highest BCUT2D eigenvalue weighted by Gasteiger charge is 2.32. The zero-order chi connectivity index (χ0) is 20.3. The van der Waals surface area contributed by atoms with Gasteiger partial charge in [-0.05, 0) is 31.5 Å². The summed E-state index contributed by atoms with van der Waals surface area (Å²) < 4.78 is 44.7. The van der Waals surface area contributed by atoms with Crippen molar-refractivity contribution in [2.45, 2.75) is 32.7 Å². The van der Waals surface area contributed by atoms with Crippen LogP contribution in [0.3, 0.4) is 0 Å². The predicted molar refractivity (Wildman–Crippen MR) is 103 cm³/mol. The van der Waals surface area contributed by atoms with E-state index in [1.165, 1.54) is 10.9 Å². The Bertz CT molecular complexity index is 830. The summed E-state index contributed by atoms with van der Waals surface area (Å²) in [6.45, 7) is 6.02. The topological polar surface area (TPSA) is 49.8 Å². The smallest absolute Gasteiger partial charge is 0.370 e. The van der Waals surface area contributed by atoms with Crippen LogP contribution >= 0.6 is 11.3 Å². The van der Waals surface area contributed by atoms with Gasteiger partial charge in [-0.2, -0.15) is 13.2 Å². The van der Waals surface area contributed by atoms with E-state index in [0.717, 1.165) is 22.8 Å². The Morgan fingerprint density at radius 2 is 2.18 bits per heavy atom. The number of aromatic nitrogens is 1. The van der Waals surface area contributed by atoms with Crippen molar-refractivity contribution in [2.75, 3.05) is 26.7 Å². The minimum atomic E-state index is -4.37. The van der Waals surface area contributed by atoms with E-state index in [1.807, 2.05) is 18.7 Å². The van der Waals surface area contributed by atoms with E-state index in [2.05, 4.69) is 15.3 Å². The largest absolute Gasteiger partial charge is 0.416 e. The van der Waals surface area contributed by atoms with E-state index >= 15 is 0 Å². The lowest BCUT2D eigenvalue weighted by molar-refractivity contribution is -0.137. The number of thiazole rings is 1. The molecule has 1 unspecified atom stereocenters. The van der Waals surface area contributed by atoms with E-state index in [0.29, 0.717) is 37.8 Å². The van der Waals surface area contributed by atoms with E-state index in [4.69, 9.17) is 4.74 Å². The summed E-state index contributed by atoms with van der Waals surface area (Å²) in [5.74, 6) is 0.686. The van der Waals surface area contributed by atoms with Crippen molar-refractivity contribution in [1.82, 2.24) is 15.2 Å². The van der Waals surface area contributed by atoms with Crippen molar-refractivity contribution in [2.24, 2.45) is 4.99 Å². The first-order valence-corrected chi connectivity index (χ1v) is 9.77. The molecule has 0 bridgehead atoms. The van der Waals surface area contributed by atoms with Crippen molar-refractivity contribution in [3.63, 3.8) is 0 Å². The summed E-state index contributed by atoms with van der Waals surface area (Å²) in [4.78, 5) is 12.0. The second-order valence-corrected chi connectivity index (χ2v) is 7.87. The fourth-order valence-electron chi connectivity index (χ4n) is 3.06. The molecular weight excluding hydrogens is 389 g/mol. The molecule has 2 heterocycles. The summed E-state index contributed by atoms with van der Waals surface area (Å²) in [5, 5.41) is 4.26. The van der Waals surface area contributed by atoms with Gasteiger partial charge >= 0.3 is 6.18 Å². The Morgan fingerprint density at radius 3 is 2.82 bits per heavy atom. The number of guanidine groups is 1. The predicted octanol–water partition coefficient (Wildman–Crippen LogP) is 3.93. The molecule has 1 saturated heterocycles. The number of hydrogen-bond acceptors (Lipinski definition) is 4. The summed E-state index contributed by atoms with van der Waals surface area (Å²) in [5.41, 5.74) is 0.872. The molecule has 2 aromatic rings. The molecule has 1 aromatic heterocycles. The standard InChI is InChI=1S/C19H23F3N4OS/c1-12-13(2)28-17(25-12)10-24-18(23-3)26-7-8-27-16(11-26)14-5-4-6-15(9-14)19(20,21)22/h4-6,9,16H,7-8,10-11H2,1-3H3,(H,23,24). The maximum absolute atomic E-state index is 13.0. The number of aliphatic imine (C=N–C) groups is 1. The number of alkyl halides is 3. The van der Waals surface area contributed by atoms with Crippen LogP contribution in [0.2, 0.25) is 0 Å². The molecule has 5 nitrogen and oxygen atoms in total. The van der Waals surface area contributed by atoms with Crippen LogP contribution in [0.5, 0.6) is 0 Å². The van der Waals surface area contributed by atoms with E-state index in [9.17, 15) is 13.2 Å². The van der Waals surface area contributed by atoms with E-state index in [1.54, 1.807) is 24.5 Å². The van der Waals surface area contributed by atoms with Crippen LogP contribution < -0.4 is 5.32 Å². The molecule has 0 amide bonds. The van der Waals surface area contributed by atoms with Gasteiger partial charge in [-0.15, -0.1) is 11.3 Å². The van der Waals surface area contributed by atoms with Gasteiger partial charge in [-0.3, -0.25) is 4.99 Å². The quantitative estimate of drug-likeness (QED) is 0.613. The second kappa shape index (κ2) is 8.48. The molecule has 0 radical (unpaired) electrons. The zero-order valence-electron chi connectivity index (χ0n) is 16.0. The first-order valence-electron chi connectivity index (χ1n) is 8.95. The highest BCUT2D eigenvalue weighted by atomic mass is 32.1. The number of aryl methyl sites for hydroxylation is 2. The number of halogens is 3. The molecule has 0 saturated carbocycles. The summed E-state index contributed by atoms with van der Waals surface area (Å²) in [6.07, 6.45) is -4.81. The van der Waals surface area contributed by atoms with Gasteiger partial charge in [0, 0.05) is 18.5 Å². The maximum atomic E-state index is 13.0. The van der Waals surface area contributed by atoms with Gasteiger partial charge in [0.05, 0.1) is 31.0 Å². The van der Waals surface area contributed by atoms with Crippen molar-refractivity contribution >= 4 is 17.3 Å². The number of nitrogens with one attached hydrogen (secondary N) is 1. The fraction of sp³-hybridized carbons (Fsp3) is 0.474. The lowest BCUT2D eigenvalue weighted by Gasteiger charge is -2.35. The molecule has 152 valence electrons. The Labute approximate surface area is 166 Å². The number of rotatable bonds is 3. The summed E-state index contributed by atoms with van der Waals surface area (Å²) in [7, 11) is 1.69. The number of hydrogen-bond donors (Lipinski definition) is 1. The molecule has 1 fully saturated rings. The van der Waals surface area contributed by atoms with Crippen LogP contribution in [0.4, 0.5) is 13.2 Å². The van der Waals surface area contributed by atoms with Crippen molar-refractivity contribution in [3.05, 3.63) is 51.0 Å². The summed E-state index contributed by atoms with van der Waals surface area (Å²) in [6, 6.07) is 5.31. The third kappa shape index (κ3) is 4.82. The fourth-order valence-corrected chi connectivity index (χ4v) is 3.93. The minimum Gasteiger partial charge on any atom is -0.370 e. The van der Waals surface area contributed by atoms with Crippen LogP contribution in [0, 0.1) is 13.8 Å².